The van der Waals surface area contributed by atoms with Gasteiger partial charge < -0.3 is 5.11 Å². The molecule has 0 aromatic carbocycles. The Bertz CT molecular complexity index is 427. The number of aromatic nitrogens is 3. The maximum Gasteiger partial charge on any atom is 0.124 e. The molecule has 0 saturated heterocycles. The number of hydrogen-bond acceptors (Lipinski definition) is 4. The number of nitrogens with zero attached hydrogens (tertiary/aromatic N) is 3. The van der Waals surface area contributed by atoms with E-state index in [1.54, 1.807) is 36.9 Å². The summed E-state index contributed by atoms with van der Waals surface area (Å²) in [5, 5.41) is 9.94. The van der Waals surface area contributed by atoms with Crippen LogP contribution in [0.25, 0.3) is 0 Å². The predicted octanol–water partition coefficient (Wildman–Crippen LogP) is 1.26. The quantitative estimate of drug-likeness (QED) is 0.794. The van der Waals surface area contributed by atoms with Crippen molar-refractivity contribution in [2.75, 3.05) is 0 Å². The van der Waals surface area contributed by atoms with Crippen molar-refractivity contribution in [1.29, 1.82) is 0 Å². The van der Waals surface area contributed by atoms with Crippen LogP contribution < -0.4 is 0 Å². The van der Waals surface area contributed by atoms with E-state index in [-0.39, 0.29) is 0 Å². The normalized spacial score (nSPS) is 12.4. The Morgan fingerprint density at radius 2 is 2.07 bits per heavy atom. The Balaban J connectivity index is 2.29. The molecule has 0 aliphatic carbocycles. The summed E-state index contributed by atoms with van der Waals surface area (Å²) in [6.07, 6.45) is 5.73. The summed E-state index contributed by atoms with van der Waals surface area (Å²) < 4.78 is 0. The average molecular weight is 201 g/mol. The summed E-state index contributed by atoms with van der Waals surface area (Å²) in [4.78, 5) is 12.1. The molecule has 1 atom stereocenters. The van der Waals surface area contributed by atoms with E-state index in [9.17, 15) is 5.11 Å². The molecule has 0 aliphatic rings. The van der Waals surface area contributed by atoms with Crippen molar-refractivity contribution in [3.63, 3.8) is 0 Å². The van der Waals surface area contributed by atoms with Crippen molar-refractivity contribution >= 4 is 0 Å². The first kappa shape index (κ1) is 9.73. The van der Waals surface area contributed by atoms with Gasteiger partial charge >= 0.3 is 0 Å². The molecule has 0 aliphatic heterocycles. The lowest BCUT2D eigenvalue weighted by Crippen LogP contribution is -2.03. The standard InChI is InChI=1S/C11H11N3O/c1-8-5-14-10(7-13-8)11(15)9-3-2-4-12-6-9/h2-7,11,15H,1H3. The van der Waals surface area contributed by atoms with Crippen LogP contribution in [0, 0.1) is 6.92 Å². The van der Waals surface area contributed by atoms with Gasteiger partial charge in [0.1, 0.15) is 6.10 Å². The van der Waals surface area contributed by atoms with E-state index in [4.69, 9.17) is 0 Å². The summed E-state index contributed by atoms with van der Waals surface area (Å²) in [5.74, 6) is 0. The van der Waals surface area contributed by atoms with E-state index in [0.29, 0.717) is 5.69 Å². The molecular weight excluding hydrogens is 190 g/mol. The molecule has 0 saturated carbocycles. The van der Waals surface area contributed by atoms with Crippen LogP contribution in [0.3, 0.4) is 0 Å². The van der Waals surface area contributed by atoms with Crippen molar-refractivity contribution in [3.05, 3.63) is 53.9 Å². The number of aryl methyl sites for hydroxylation is 1. The second kappa shape index (κ2) is 4.14. The topological polar surface area (TPSA) is 58.9 Å². The van der Waals surface area contributed by atoms with Gasteiger partial charge in [-0.15, -0.1) is 0 Å². The van der Waals surface area contributed by atoms with Gasteiger partial charge in [0.15, 0.2) is 0 Å². The molecule has 0 spiro atoms. The lowest BCUT2D eigenvalue weighted by atomic mass is 10.1. The average Bonchev–Trinajstić information content (AvgIpc) is 2.30. The molecule has 0 amide bonds. The van der Waals surface area contributed by atoms with Gasteiger partial charge in [-0.25, -0.2) is 0 Å². The summed E-state index contributed by atoms with van der Waals surface area (Å²) in [6.45, 7) is 1.85. The SMILES string of the molecule is Cc1cnc(C(O)c2cccnc2)cn1. The first-order chi connectivity index (χ1) is 7.27. The van der Waals surface area contributed by atoms with Crippen molar-refractivity contribution in [2.24, 2.45) is 0 Å². The second-order valence-electron chi connectivity index (χ2n) is 3.27. The van der Waals surface area contributed by atoms with Crippen LogP contribution in [0.5, 0.6) is 0 Å². The van der Waals surface area contributed by atoms with E-state index in [2.05, 4.69) is 15.0 Å². The van der Waals surface area contributed by atoms with Crippen LogP contribution in [0.2, 0.25) is 0 Å². The van der Waals surface area contributed by atoms with E-state index < -0.39 is 6.10 Å². The maximum absolute atomic E-state index is 9.94. The summed E-state index contributed by atoms with van der Waals surface area (Å²) >= 11 is 0. The maximum atomic E-state index is 9.94. The van der Waals surface area contributed by atoms with Crippen LogP contribution in [-0.4, -0.2) is 20.1 Å². The van der Waals surface area contributed by atoms with Crippen LogP contribution in [0.15, 0.2) is 36.9 Å². The largest absolute Gasteiger partial charge is 0.382 e. The summed E-state index contributed by atoms with van der Waals surface area (Å²) in [7, 11) is 0. The molecule has 4 heteroatoms. The highest BCUT2D eigenvalue weighted by molar-refractivity contribution is 5.21. The first-order valence-electron chi connectivity index (χ1n) is 4.64. The van der Waals surface area contributed by atoms with Crippen LogP contribution in [0.4, 0.5) is 0 Å². The van der Waals surface area contributed by atoms with Crippen LogP contribution in [-0.2, 0) is 0 Å². The summed E-state index contributed by atoms with van der Waals surface area (Å²) in [6, 6.07) is 3.58. The monoisotopic (exact) mass is 201 g/mol. The highest BCUT2D eigenvalue weighted by atomic mass is 16.3. The minimum atomic E-state index is -0.758. The Morgan fingerprint density at radius 1 is 1.20 bits per heavy atom. The van der Waals surface area contributed by atoms with Crippen molar-refractivity contribution in [2.45, 2.75) is 13.0 Å². The number of aliphatic hydroxyl groups excluding tert-OH is 1. The highest BCUT2D eigenvalue weighted by Gasteiger charge is 2.11. The fraction of sp³-hybridized carbons (Fsp3) is 0.182. The Morgan fingerprint density at radius 3 is 2.67 bits per heavy atom. The van der Waals surface area contributed by atoms with E-state index in [1.165, 1.54) is 0 Å². The number of hydrogen-bond donors (Lipinski definition) is 1. The van der Waals surface area contributed by atoms with Crippen molar-refractivity contribution in [3.8, 4) is 0 Å². The van der Waals surface area contributed by atoms with Gasteiger partial charge in [-0.05, 0) is 13.0 Å². The third kappa shape index (κ3) is 2.16. The number of rotatable bonds is 2. The molecule has 76 valence electrons. The molecule has 0 radical (unpaired) electrons. The minimum Gasteiger partial charge on any atom is -0.382 e. The Kier molecular flexibility index (Phi) is 2.69. The molecule has 1 unspecified atom stereocenters. The number of aliphatic hydroxyl groups is 1. The van der Waals surface area contributed by atoms with E-state index in [0.717, 1.165) is 11.3 Å². The molecule has 2 heterocycles. The van der Waals surface area contributed by atoms with Crippen molar-refractivity contribution in [1.82, 2.24) is 15.0 Å². The first-order valence-corrected chi connectivity index (χ1v) is 4.64. The molecule has 2 rings (SSSR count). The molecule has 0 fully saturated rings. The zero-order valence-corrected chi connectivity index (χ0v) is 8.33. The third-order valence-corrected chi connectivity index (χ3v) is 2.08. The Labute approximate surface area is 87.7 Å². The van der Waals surface area contributed by atoms with Gasteiger partial charge in [0.2, 0.25) is 0 Å². The molecule has 0 bridgehead atoms. The lowest BCUT2D eigenvalue weighted by Gasteiger charge is -2.08. The van der Waals surface area contributed by atoms with Gasteiger partial charge in [-0.3, -0.25) is 15.0 Å². The molecule has 1 N–H and O–H groups in total. The zero-order valence-electron chi connectivity index (χ0n) is 8.33. The second-order valence-corrected chi connectivity index (χ2v) is 3.27. The Hall–Kier alpha value is -1.81. The molecule has 15 heavy (non-hydrogen) atoms. The zero-order chi connectivity index (χ0) is 10.7. The lowest BCUT2D eigenvalue weighted by molar-refractivity contribution is 0.214. The third-order valence-electron chi connectivity index (χ3n) is 2.08. The minimum absolute atomic E-state index is 0.536. The van der Waals surface area contributed by atoms with Crippen molar-refractivity contribution < 1.29 is 5.11 Å². The molecule has 4 nitrogen and oxygen atoms in total. The molecular formula is C11H11N3O. The highest BCUT2D eigenvalue weighted by Crippen LogP contribution is 2.17. The van der Waals surface area contributed by atoms with Crippen LogP contribution >= 0.6 is 0 Å². The van der Waals surface area contributed by atoms with Gasteiger partial charge in [-0.1, -0.05) is 6.07 Å². The smallest absolute Gasteiger partial charge is 0.124 e. The predicted molar refractivity (Wildman–Crippen MR) is 55.1 cm³/mol. The fourth-order valence-electron chi connectivity index (χ4n) is 1.25. The van der Waals surface area contributed by atoms with Gasteiger partial charge in [0.25, 0.3) is 0 Å². The van der Waals surface area contributed by atoms with Gasteiger partial charge in [-0.2, -0.15) is 0 Å². The van der Waals surface area contributed by atoms with E-state index in [1.807, 2.05) is 6.92 Å². The summed E-state index contributed by atoms with van der Waals surface area (Å²) in [5.41, 5.74) is 2.08. The van der Waals surface area contributed by atoms with E-state index >= 15 is 0 Å². The molecule has 2 aromatic rings. The van der Waals surface area contributed by atoms with Gasteiger partial charge in [0, 0.05) is 24.2 Å². The number of pyridine rings is 1. The molecule has 2 aromatic heterocycles. The van der Waals surface area contributed by atoms with Crippen LogP contribution in [0.1, 0.15) is 23.1 Å². The fourth-order valence-corrected chi connectivity index (χ4v) is 1.25. The van der Waals surface area contributed by atoms with Gasteiger partial charge in [0.05, 0.1) is 17.6 Å².